The van der Waals surface area contributed by atoms with E-state index in [-0.39, 0.29) is 18.6 Å². The molecule has 0 radical (unpaired) electrons. The molecular formula is C27H27N5O2S. The zero-order chi connectivity index (χ0) is 24.2. The lowest BCUT2D eigenvalue weighted by Gasteiger charge is -2.33. The average Bonchev–Trinajstić information content (AvgIpc) is 3.30. The van der Waals surface area contributed by atoms with Gasteiger partial charge < -0.3 is 15.5 Å². The van der Waals surface area contributed by atoms with Crippen LogP contribution in [0.2, 0.25) is 0 Å². The van der Waals surface area contributed by atoms with E-state index < -0.39 is 5.25 Å². The Kier molecular flexibility index (Phi) is 6.72. The Morgan fingerprint density at radius 2 is 1.77 bits per heavy atom. The smallest absolute Gasteiger partial charge is 0.240 e. The second-order valence-electron chi connectivity index (χ2n) is 8.43. The van der Waals surface area contributed by atoms with Gasteiger partial charge in [0.2, 0.25) is 11.1 Å². The van der Waals surface area contributed by atoms with E-state index in [0.29, 0.717) is 11.0 Å². The van der Waals surface area contributed by atoms with Crippen molar-refractivity contribution in [2.24, 2.45) is 0 Å². The zero-order valence-electron chi connectivity index (χ0n) is 19.6. The first kappa shape index (κ1) is 23.0. The molecule has 0 spiro atoms. The van der Waals surface area contributed by atoms with E-state index in [9.17, 15) is 4.79 Å². The number of aryl methyl sites for hydroxylation is 2. The van der Waals surface area contributed by atoms with Gasteiger partial charge in [-0.1, -0.05) is 78.8 Å². The molecule has 0 bridgehead atoms. The van der Waals surface area contributed by atoms with Crippen LogP contribution in [0, 0.1) is 6.92 Å². The molecule has 178 valence electrons. The molecular weight excluding hydrogens is 458 g/mol. The van der Waals surface area contributed by atoms with E-state index in [1.54, 1.807) is 0 Å². The minimum atomic E-state index is -0.442. The standard InChI is InChI=1S/C27H27N5O2S/c1-3-19-11-15-21(16-12-19)28-26(33)25-24(20-13-9-18(2)10-14-20)31-32-23(29-30-27(32)35-25)17-34-22-7-5-4-6-8-22/h4-16,24-25,31H,3,17H2,1-2H3,(H,28,33)/t24-,25-/m1/s1. The lowest BCUT2D eigenvalue weighted by atomic mass is 10.0. The first-order valence-corrected chi connectivity index (χ1v) is 12.5. The molecule has 3 aromatic carbocycles. The maximum Gasteiger partial charge on any atom is 0.240 e. The number of rotatable bonds is 7. The number of thioether (sulfide) groups is 1. The van der Waals surface area contributed by atoms with Gasteiger partial charge in [0, 0.05) is 5.69 Å². The number of nitrogens with zero attached hydrogens (tertiary/aromatic N) is 3. The Morgan fingerprint density at radius 3 is 2.49 bits per heavy atom. The number of benzene rings is 3. The fourth-order valence-corrected chi connectivity index (χ4v) is 5.02. The van der Waals surface area contributed by atoms with Crippen molar-refractivity contribution in [2.45, 2.75) is 43.3 Å². The SMILES string of the molecule is CCc1ccc(NC(=O)[C@@H]2Sc3nnc(COc4ccccc4)n3N[C@@H]2c2ccc(C)cc2)cc1. The van der Waals surface area contributed by atoms with Crippen molar-refractivity contribution in [2.75, 3.05) is 10.7 Å². The normalized spacial score (nSPS) is 16.7. The third kappa shape index (κ3) is 5.17. The summed E-state index contributed by atoms with van der Waals surface area (Å²) in [5.41, 5.74) is 7.67. The molecule has 2 N–H and O–H groups in total. The number of fused-ring (bicyclic) bond motifs is 1. The van der Waals surface area contributed by atoms with Crippen LogP contribution >= 0.6 is 11.8 Å². The van der Waals surface area contributed by atoms with E-state index >= 15 is 0 Å². The number of carbonyl (C=O) groups excluding carboxylic acids is 1. The Bertz CT molecular complexity index is 1290. The van der Waals surface area contributed by atoms with E-state index in [4.69, 9.17) is 4.74 Å². The quantitative estimate of drug-likeness (QED) is 0.378. The monoisotopic (exact) mass is 485 g/mol. The number of aromatic nitrogens is 3. The second kappa shape index (κ2) is 10.2. The summed E-state index contributed by atoms with van der Waals surface area (Å²) >= 11 is 1.40. The molecule has 0 fully saturated rings. The molecule has 7 nitrogen and oxygen atoms in total. The predicted molar refractivity (Wildman–Crippen MR) is 138 cm³/mol. The summed E-state index contributed by atoms with van der Waals surface area (Å²) in [6.45, 7) is 4.42. The van der Waals surface area contributed by atoms with Crippen molar-refractivity contribution in [1.29, 1.82) is 0 Å². The van der Waals surface area contributed by atoms with Crippen LogP contribution < -0.4 is 15.5 Å². The minimum absolute atomic E-state index is 0.0892. The van der Waals surface area contributed by atoms with Crippen molar-refractivity contribution in [3.63, 3.8) is 0 Å². The summed E-state index contributed by atoms with van der Waals surface area (Å²) in [6, 6.07) is 25.5. The maximum atomic E-state index is 13.4. The third-order valence-electron chi connectivity index (χ3n) is 5.94. The number of para-hydroxylation sites is 1. The van der Waals surface area contributed by atoms with Crippen molar-refractivity contribution in [1.82, 2.24) is 14.9 Å². The summed E-state index contributed by atoms with van der Waals surface area (Å²) in [6.07, 6.45) is 0.956. The van der Waals surface area contributed by atoms with Crippen LogP contribution in [0.5, 0.6) is 5.75 Å². The fourth-order valence-electron chi connectivity index (χ4n) is 3.92. The molecule has 0 aliphatic carbocycles. The van der Waals surface area contributed by atoms with Crippen LogP contribution in [-0.4, -0.2) is 26.0 Å². The van der Waals surface area contributed by atoms with Crippen molar-refractivity contribution >= 4 is 23.4 Å². The summed E-state index contributed by atoms with van der Waals surface area (Å²) < 4.78 is 7.72. The molecule has 1 aliphatic rings. The van der Waals surface area contributed by atoms with Gasteiger partial charge in [-0.15, -0.1) is 10.2 Å². The third-order valence-corrected chi connectivity index (χ3v) is 7.15. The number of carbonyl (C=O) groups is 1. The fraction of sp³-hybridized carbons (Fsp3) is 0.222. The average molecular weight is 486 g/mol. The summed E-state index contributed by atoms with van der Waals surface area (Å²) in [5.74, 6) is 1.31. The summed E-state index contributed by atoms with van der Waals surface area (Å²) in [5, 5.41) is 11.9. The van der Waals surface area contributed by atoms with Crippen LogP contribution in [0.3, 0.4) is 0 Å². The van der Waals surface area contributed by atoms with Gasteiger partial charge in [-0.3, -0.25) is 4.79 Å². The largest absolute Gasteiger partial charge is 0.486 e. The molecule has 0 saturated heterocycles. The number of ether oxygens (including phenoxy) is 1. The number of amides is 1. The van der Waals surface area contributed by atoms with Crippen molar-refractivity contribution in [3.05, 3.63) is 101 Å². The molecule has 2 atom stereocenters. The molecule has 1 amide bonds. The van der Waals surface area contributed by atoms with Crippen LogP contribution in [0.4, 0.5) is 5.69 Å². The predicted octanol–water partition coefficient (Wildman–Crippen LogP) is 5.13. The van der Waals surface area contributed by atoms with Crippen LogP contribution in [0.15, 0.2) is 84.0 Å². The van der Waals surface area contributed by atoms with Gasteiger partial charge in [-0.25, -0.2) is 4.68 Å². The number of anilines is 1. The highest BCUT2D eigenvalue weighted by Gasteiger charge is 2.38. The Balaban J connectivity index is 1.40. The van der Waals surface area contributed by atoms with Gasteiger partial charge in [0.1, 0.15) is 17.6 Å². The van der Waals surface area contributed by atoms with E-state index in [0.717, 1.165) is 29.0 Å². The summed E-state index contributed by atoms with van der Waals surface area (Å²) in [7, 11) is 0. The van der Waals surface area contributed by atoms with Gasteiger partial charge in [-0.2, -0.15) is 0 Å². The molecule has 8 heteroatoms. The van der Waals surface area contributed by atoms with E-state index in [1.165, 1.54) is 17.3 Å². The Labute approximate surface area is 208 Å². The molecule has 0 unspecified atom stereocenters. The lowest BCUT2D eigenvalue weighted by molar-refractivity contribution is -0.116. The van der Waals surface area contributed by atoms with Crippen LogP contribution in [0.1, 0.15) is 35.5 Å². The Morgan fingerprint density at radius 1 is 1.03 bits per heavy atom. The second-order valence-corrected chi connectivity index (χ2v) is 9.54. The van der Waals surface area contributed by atoms with Crippen LogP contribution in [0.25, 0.3) is 0 Å². The van der Waals surface area contributed by atoms with Crippen molar-refractivity contribution in [3.8, 4) is 5.75 Å². The lowest BCUT2D eigenvalue weighted by Crippen LogP contribution is -2.41. The first-order valence-electron chi connectivity index (χ1n) is 11.6. The topological polar surface area (TPSA) is 81.1 Å². The van der Waals surface area contributed by atoms with Crippen LogP contribution in [-0.2, 0) is 17.8 Å². The van der Waals surface area contributed by atoms with Crippen molar-refractivity contribution < 1.29 is 9.53 Å². The number of hydrogen-bond acceptors (Lipinski definition) is 6. The van der Waals surface area contributed by atoms with E-state index in [2.05, 4.69) is 52.1 Å². The van der Waals surface area contributed by atoms with Gasteiger partial charge in [0.25, 0.3) is 0 Å². The Hall–Kier alpha value is -3.78. The highest BCUT2D eigenvalue weighted by atomic mass is 32.2. The van der Waals surface area contributed by atoms with Gasteiger partial charge in [-0.05, 0) is 48.7 Å². The molecule has 2 heterocycles. The molecule has 0 saturated carbocycles. The minimum Gasteiger partial charge on any atom is -0.486 e. The highest BCUT2D eigenvalue weighted by Crippen LogP contribution is 2.37. The molecule has 5 rings (SSSR count). The zero-order valence-corrected chi connectivity index (χ0v) is 20.5. The highest BCUT2D eigenvalue weighted by molar-refractivity contribution is 8.00. The van der Waals surface area contributed by atoms with Gasteiger partial charge in [0.15, 0.2) is 5.82 Å². The number of nitrogens with one attached hydrogen (secondary N) is 2. The van der Waals surface area contributed by atoms with Gasteiger partial charge in [0.05, 0.1) is 6.04 Å². The molecule has 1 aliphatic heterocycles. The first-order chi connectivity index (χ1) is 17.1. The molecule has 4 aromatic rings. The van der Waals surface area contributed by atoms with Gasteiger partial charge >= 0.3 is 0 Å². The molecule has 35 heavy (non-hydrogen) atoms. The number of hydrogen-bond donors (Lipinski definition) is 2. The van der Waals surface area contributed by atoms with E-state index in [1.807, 2.05) is 66.2 Å². The summed E-state index contributed by atoms with van der Waals surface area (Å²) in [4.78, 5) is 13.4. The maximum absolute atomic E-state index is 13.4. The molecule has 1 aromatic heterocycles.